The molecule has 2 heterocycles. The molecule has 1 aliphatic heterocycles. The van der Waals surface area contributed by atoms with Crippen molar-refractivity contribution in [3.8, 4) is 0 Å². The average molecular weight is 385 g/mol. The average Bonchev–Trinajstić information content (AvgIpc) is 2.71. The van der Waals surface area contributed by atoms with E-state index in [1.54, 1.807) is 4.57 Å². The van der Waals surface area contributed by atoms with Crippen LogP contribution in [0.25, 0.3) is 10.9 Å². The van der Waals surface area contributed by atoms with Gasteiger partial charge >= 0.3 is 0 Å². The maximum Gasteiger partial charge on any atom is 0.261 e. The normalized spacial score (nSPS) is 19.6. The maximum absolute atomic E-state index is 13.4. The van der Waals surface area contributed by atoms with E-state index in [4.69, 9.17) is 5.11 Å². The fraction of sp³-hybridized carbons (Fsp3) is 0.524. The Balaban J connectivity index is 1.90. The number of benzene rings is 1. The Kier molecular flexibility index (Phi) is 6.70. The SMILES string of the molecule is Cc1nc2cccc(CCCCCO)c2c(=O)n1C1CCC(C(=O)C=O)NC1. The predicted octanol–water partition coefficient (Wildman–Crippen LogP) is 1.47. The Morgan fingerprint density at radius 1 is 1.32 bits per heavy atom. The van der Waals surface area contributed by atoms with Crippen molar-refractivity contribution in [2.45, 2.75) is 57.5 Å². The van der Waals surface area contributed by atoms with Gasteiger partial charge in [0, 0.05) is 13.2 Å². The Bertz CT molecular complexity index is 914. The van der Waals surface area contributed by atoms with Crippen molar-refractivity contribution in [2.24, 2.45) is 0 Å². The highest BCUT2D eigenvalue weighted by Crippen LogP contribution is 2.22. The quantitative estimate of drug-likeness (QED) is 0.405. The van der Waals surface area contributed by atoms with Gasteiger partial charge in [0.25, 0.3) is 5.56 Å². The zero-order valence-electron chi connectivity index (χ0n) is 16.2. The first kappa shape index (κ1) is 20.4. The van der Waals surface area contributed by atoms with Crippen LogP contribution < -0.4 is 10.9 Å². The molecule has 3 rings (SSSR count). The zero-order chi connectivity index (χ0) is 20.1. The summed E-state index contributed by atoms with van der Waals surface area (Å²) in [5.41, 5.74) is 1.64. The van der Waals surface area contributed by atoms with Gasteiger partial charge in [-0.1, -0.05) is 18.6 Å². The molecule has 0 radical (unpaired) electrons. The molecule has 1 aromatic carbocycles. The number of piperidine rings is 1. The van der Waals surface area contributed by atoms with E-state index < -0.39 is 11.8 Å². The van der Waals surface area contributed by atoms with Crippen LogP contribution in [0.3, 0.4) is 0 Å². The number of carbonyl (C=O) groups is 2. The third-order valence-corrected chi connectivity index (χ3v) is 5.51. The number of aryl methyl sites for hydroxylation is 2. The topological polar surface area (TPSA) is 101 Å². The van der Waals surface area contributed by atoms with Crippen molar-refractivity contribution in [1.82, 2.24) is 14.9 Å². The molecule has 7 nitrogen and oxygen atoms in total. The first-order valence-electron chi connectivity index (χ1n) is 9.90. The van der Waals surface area contributed by atoms with Gasteiger partial charge in [-0.25, -0.2) is 4.98 Å². The fourth-order valence-electron chi connectivity index (χ4n) is 4.05. The number of Topliss-reactive ketones (excluding diaryl/α,β-unsaturated/α-hetero) is 1. The number of aliphatic hydroxyl groups excluding tert-OH is 1. The lowest BCUT2D eigenvalue weighted by Gasteiger charge is -2.30. The van der Waals surface area contributed by atoms with Crippen LogP contribution in [0, 0.1) is 6.92 Å². The summed E-state index contributed by atoms with van der Waals surface area (Å²) in [6.45, 7) is 2.47. The van der Waals surface area contributed by atoms with Crippen molar-refractivity contribution in [2.75, 3.05) is 13.2 Å². The van der Waals surface area contributed by atoms with Crippen molar-refractivity contribution in [3.63, 3.8) is 0 Å². The Morgan fingerprint density at radius 3 is 2.82 bits per heavy atom. The van der Waals surface area contributed by atoms with Gasteiger partial charge in [0.2, 0.25) is 5.78 Å². The van der Waals surface area contributed by atoms with Gasteiger partial charge in [-0.2, -0.15) is 0 Å². The van der Waals surface area contributed by atoms with Gasteiger partial charge in [0.1, 0.15) is 5.82 Å². The Labute approximate surface area is 163 Å². The monoisotopic (exact) mass is 385 g/mol. The van der Waals surface area contributed by atoms with E-state index in [0.717, 1.165) is 31.2 Å². The van der Waals surface area contributed by atoms with Crippen LogP contribution in [-0.2, 0) is 16.0 Å². The van der Waals surface area contributed by atoms with E-state index in [-0.39, 0.29) is 18.2 Å². The van der Waals surface area contributed by atoms with E-state index in [1.807, 2.05) is 25.1 Å². The smallest absolute Gasteiger partial charge is 0.261 e. The molecule has 1 fully saturated rings. The first-order chi connectivity index (χ1) is 13.6. The molecular weight excluding hydrogens is 358 g/mol. The van der Waals surface area contributed by atoms with Crippen molar-refractivity contribution >= 4 is 23.0 Å². The number of unbranched alkanes of at least 4 members (excludes halogenated alkanes) is 2. The minimum Gasteiger partial charge on any atom is -0.396 e. The van der Waals surface area contributed by atoms with Crippen LogP contribution in [-0.4, -0.2) is 45.9 Å². The van der Waals surface area contributed by atoms with E-state index in [9.17, 15) is 14.4 Å². The molecule has 2 N–H and O–H groups in total. The van der Waals surface area contributed by atoms with Crippen molar-refractivity contribution in [1.29, 1.82) is 0 Å². The van der Waals surface area contributed by atoms with Gasteiger partial charge in [0.15, 0.2) is 6.29 Å². The van der Waals surface area contributed by atoms with Gasteiger partial charge in [-0.05, 0) is 50.7 Å². The van der Waals surface area contributed by atoms with E-state index in [2.05, 4.69) is 10.3 Å². The predicted molar refractivity (Wildman–Crippen MR) is 107 cm³/mol. The summed E-state index contributed by atoms with van der Waals surface area (Å²) in [4.78, 5) is 40.3. The van der Waals surface area contributed by atoms with Gasteiger partial charge < -0.3 is 10.4 Å². The summed E-state index contributed by atoms with van der Waals surface area (Å²) in [5, 5.41) is 12.7. The molecule has 28 heavy (non-hydrogen) atoms. The molecule has 2 atom stereocenters. The number of hydrogen-bond acceptors (Lipinski definition) is 6. The van der Waals surface area contributed by atoms with E-state index >= 15 is 0 Å². The highest BCUT2D eigenvalue weighted by Gasteiger charge is 2.28. The molecule has 7 heteroatoms. The summed E-state index contributed by atoms with van der Waals surface area (Å²) < 4.78 is 1.73. The largest absolute Gasteiger partial charge is 0.396 e. The zero-order valence-corrected chi connectivity index (χ0v) is 16.2. The molecule has 0 aliphatic carbocycles. The third kappa shape index (κ3) is 4.20. The first-order valence-corrected chi connectivity index (χ1v) is 9.90. The Morgan fingerprint density at radius 2 is 2.14 bits per heavy atom. The van der Waals surface area contributed by atoms with Crippen LogP contribution in [0.15, 0.2) is 23.0 Å². The standard InChI is InChI=1S/C21H27N3O4/c1-14-23-18-8-5-7-15(6-3-2-4-11-25)20(18)21(28)24(14)16-9-10-17(22-12-16)19(27)13-26/h5,7-8,13,16-17,22,25H,2-4,6,9-12H2,1H3. The number of ketones is 1. The molecule has 1 saturated heterocycles. The molecule has 2 unspecified atom stereocenters. The molecule has 1 aromatic heterocycles. The molecular formula is C21H27N3O4. The fourth-order valence-corrected chi connectivity index (χ4v) is 4.05. The minimum atomic E-state index is -0.458. The lowest BCUT2D eigenvalue weighted by atomic mass is 9.97. The number of carbonyl (C=O) groups excluding carboxylic acids is 2. The molecule has 0 amide bonds. The third-order valence-electron chi connectivity index (χ3n) is 5.51. The highest BCUT2D eigenvalue weighted by atomic mass is 16.3. The number of nitrogens with one attached hydrogen (secondary N) is 1. The number of nitrogens with zero attached hydrogens (tertiary/aromatic N) is 2. The number of rotatable bonds is 8. The number of hydrogen-bond donors (Lipinski definition) is 2. The second-order valence-electron chi connectivity index (χ2n) is 7.39. The summed E-state index contributed by atoms with van der Waals surface area (Å²) in [6.07, 6.45) is 4.89. The van der Waals surface area contributed by atoms with E-state index in [0.29, 0.717) is 42.4 Å². The summed E-state index contributed by atoms with van der Waals surface area (Å²) in [7, 11) is 0. The molecule has 0 bridgehead atoms. The van der Waals surface area contributed by atoms with Crippen molar-refractivity contribution < 1.29 is 14.7 Å². The number of fused-ring (bicyclic) bond motifs is 1. The van der Waals surface area contributed by atoms with E-state index in [1.165, 1.54) is 0 Å². The van der Waals surface area contributed by atoms with Crippen molar-refractivity contribution in [3.05, 3.63) is 39.9 Å². The Hall–Kier alpha value is -2.38. The van der Waals surface area contributed by atoms with Crippen LogP contribution in [0.5, 0.6) is 0 Å². The molecule has 1 aliphatic rings. The van der Waals surface area contributed by atoms with Crippen LogP contribution in [0.2, 0.25) is 0 Å². The summed E-state index contributed by atoms with van der Waals surface area (Å²) >= 11 is 0. The molecule has 150 valence electrons. The lowest BCUT2D eigenvalue weighted by Crippen LogP contribution is -2.47. The summed E-state index contributed by atoms with van der Waals surface area (Å²) in [6, 6.07) is 5.21. The minimum absolute atomic E-state index is 0.0489. The molecule has 2 aromatic rings. The lowest BCUT2D eigenvalue weighted by molar-refractivity contribution is -0.131. The van der Waals surface area contributed by atoms with Crippen LogP contribution in [0.4, 0.5) is 0 Å². The molecule has 0 spiro atoms. The van der Waals surface area contributed by atoms with Gasteiger partial charge in [-0.3, -0.25) is 19.0 Å². The highest BCUT2D eigenvalue weighted by molar-refractivity contribution is 6.27. The van der Waals surface area contributed by atoms with Gasteiger partial charge in [-0.15, -0.1) is 0 Å². The second-order valence-corrected chi connectivity index (χ2v) is 7.39. The number of aromatic nitrogens is 2. The molecule has 0 saturated carbocycles. The maximum atomic E-state index is 13.4. The second kappa shape index (κ2) is 9.21. The summed E-state index contributed by atoms with van der Waals surface area (Å²) in [5.74, 6) is 0.214. The van der Waals surface area contributed by atoms with Gasteiger partial charge in [0.05, 0.1) is 23.0 Å². The number of aldehydes is 1. The number of aliphatic hydroxyl groups is 1. The van der Waals surface area contributed by atoms with Crippen LogP contribution in [0.1, 0.15) is 49.5 Å². The van der Waals surface area contributed by atoms with Crippen LogP contribution >= 0.6 is 0 Å².